The highest BCUT2D eigenvalue weighted by Gasteiger charge is 2.22. The third-order valence-electron chi connectivity index (χ3n) is 6.00. The number of hydrogen-bond donors (Lipinski definition) is 1. The fraction of sp³-hybridized carbons (Fsp3) is 0.320. The lowest BCUT2D eigenvalue weighted by molar-refractivity contribution is -0.111. The molecule has 6 nitrogen and oxygen atoms in total. The number of piperidine rings is 1. The highest BCUT2D eigenvalue weighted by atomic mass is 35.5. The summed E-state index contributed by atoms with van der Waals surface area (Å²) >= 11 is 5.76. The van der Waals surface area contributed by atoms with Gasteiger partial charge in [0.1, 0.15) is 5.82 Å². The molecule has 0 radical (unpaired) electrons. The Morgan fingerprint density at radius 3 is 2.64 bits per heavy atom. The second-order valence-corrected chi connectivity index (χ2v) is 8.95. The predicted octanol–water partition coefficient (Wildman–Crippen LogP) is 4.91. The van der Waals surface area contributed by atoms with Crippen LogP contribution in [0.2, 0.25) is 5.02 Å². The van der Waals surface area contributed by atoms with Gasteiger partial charge in [-0.2, -0.15) is 0 Å². The molecule has 0 saturated carbocycles. The quantitative estimate of drug-likeness (QED) is 0.540. The molecule has 2 aromatic carbocycles. The summed E-state index contributed by atoms with van der Waals surface area (Å²) in [5.74, 6) is -0.0867. The van der Waals surface area contributed by atoms with Crippen molar-refractivity contribution in [1.29, 1.82) is 0 Å². The number of anilines is 2. The summed E-state index contributed by atoms with van der Waals surface area (Å²) in [5, 5.41) is 4.00. The molecule has 0 atom stereocenters. The number of amides is 1. The highest BCUT2D eigenvalue weighted by molar-refractivity contribution is 6.30. The number of benzene rings is 2. The summed E-state index contributed by atoms with van der Waals surface area (Å²) in [6.45, 7) is 3.82. The number of aromatic nitrogens is 2. The Kier molecular flexibility index (Phi) is 6.91. The van der Waals surface area contributed by atoms with Gasteiger partial charge in [0, 0.05) is 46.9 Å². The van der Waals surface area contributed by atoms with Gasteiger partial charge in [0.15, 0.2) is 0 Å². The molecule has 1 aliphatic rings. The first-order valence-corrected chi connectivity index (χ1v) is 11.3. The van der Waals surface area contributed by atoms with Crippen LogP contribution >= 0.6 is 11.6 Å². The molecule has 0 unspecified atom stereocenters. The Morgan fingerprint density at radius 2 is 1.94 bits per heavy atom. The summed E-state index contributed by atoms with van der Waals surface area (Å²) in [4.78, 5) is 26.3. The lowest BCUT2D eigenvalue weighted by Gasteiger charge is -2.35. The van der Waals surface area contributed by atoms with Gasteiger partial charge in [0.25, 0.3) is 0 Å². The fourth-order valence-electron chi connectivity index (χ4n) is 4.05. The van der Waals surface area contributed by atoms with Crippen molar-refractivity contribution in [3.8, 4) is 0 Å². The molecule has 1 N–H and O–H groups in total. The van der Waals surface area contributed by atoms with Crippen molar-refractivity contribution in [2.45, 2.75) is 25.8 Å². The second kappa shape index (κ2) is 9.85. The first-order chi connectivity index (χ1) is 15.8. The maximum Gasteiger partial charge on any atom is 0.248 e. The zero-order valence-corrected chi connectivity index (χ0v) is 19.7. The lowest BCUT2D eigenvalue weighted by atomic mass is 10.0. The average molecular weight is 468 g/mol. The number of aryl methyl sites for hydroxylation is 1. The van der Waals surface area contributed by atoms with E-state index in [0.29, 0.717) is 22.3 Å². The van der Waals surface area contributed by atoms with Gasteiger partial charge in [-0.15, -0.1) is 0 Å². The van der Waals surface area contributed by atoms with Crippen LogP contribution in [0.4, 0.5) is 16.0 Å². The number of rotatable bonds is 5. The van der Waals surface area contributed by atoms with E-state index in [1.54, 1.807) is 6.07 Å². The molecule has 0 aliphatic carbocycles. The molecule has 1 fully saturated rings. The van der Waals surface area contributed by atoms with Gasteiger partial charge >= 0.3 is 0 Å². The zero-order chi connectivity index (χ0) is 23.5. The van der Waals surface area contributed by atoms with Gasteiger partial charge in [0.2, 0.25) is 11.9 Å². The smallest absolute Gasteiger partial charge is 0.248 e. The molecule has 1 amide bonds. The Hall–Kier alpha value is -3.03. The second-order valence-electron chi connectivity index (χ2n) is 8.51. The summed E-state index contributed by atoms with van der Waals surface area (Å²) in [6.07, 6.45) is 4.89. The largest absolute Gasteiger partial charge is 0.341 e. The Bertz CT molecular complexity index is 1200. The van der Waals surface area contributed by atoms with E-state index >= 15 is 0 Å². The number of carbonyl (C=O) groups excluding carboxylic acids is 1. The summed E-state index contributed by atoms with van der Waals surface area (Å²) in [7, 11) is 4.25. The van der Waals surface area contributed by atoms with Gasteiger partial charge in [-0.3, -0.25) is 4.79 Å². The number of fused-ring (bicyclic) bond motifs is 1. The first kappa shape index (κ1) is 23.1. The number of nitrogens with one attached hydrogen (secondary N) is 1. The molecule has 1 aromatic heterocycles. The molecule has 3 aromatic rings. The minimum atomic E-state index is -0.480. The third kappa shape index (κ3) is 5.49. The van der Waals surface area contributed by atoms with Crippen LogP contribution in [0.1, 0.15) is 24.1 Å². The minimum absolute atomic E-state index is 0.291. The van der Waals surface area contributed by atoms with Crippen molar-refractivity contribution in [3.05, 3.63) is 64.6 Å². The van der Waals surface area contributed by atoms with Gasteiger partial charge in [-0.1, -0.05) is 17.7 Å². The Labute approximate surface area is 198 Å². The summed E-state index contributed by atoms with van der Waals surface area (Å²) < 4.78 is 13.9. The Morgan fingerprint density at radius 1 is 1.18 bits per heavy atom. The normalized spacial score (nSPS) is 15.0. The molecular formula is C25H27ClFN5O. The van der Waals surface area contributed by atoms with E-state index in [9.17, 15) is 9.18 Å². The van der Waals surface area contributed by atoms with Crippen LogP contribution < -0.4 is 10.2 Å². The lowest BCUT2D eigenvalue weighted by Crippen LogP contribution is -2.42. The topological polar surface area (TPSA) is 61.4 Å². The van der Waals surface area contributed by atoms with Crippen molar-refractivity contribution >= 4 is 46.1 Å². The molecule has 0 spiro atoms. The van der Waals surface area contributed by atoms with E-state index in [-0.39, 0.29) is 5.91 Å². The van der Waals surface area contributed by atoms with Crippen LogP contribution in [-0.4, -0.2) is 54.0 Å². The number of carbonyl (C=O) groups is 1. The van der Waals surface area contributed by atoms with Gasteiger partial charge in [-0.25, -0.2) is 14.4 Å². The molecule has 4 rings (SSSR count). The molecule has 0 bridgehead atoms. The fourth-order valence-corrected chi connectivity index (χ4v) is 4.21. The molecular weight excluding hydrogens is 441 g/mol. The summed E-state index contributed by atoms with van der Waals surface area (Å²) in [6, 6.07) is 10.5. The number of halogens is 2. The van der Waals surface area contributed by atoms with Gasteiger partial charge in [0.05, 0.1) is 11.2 Å². The first-order valence-electron chi connectivity index (χ1n) is 10.9. The van der Waals surface area contributed by atoms with Crippen LogP contribution in [0.5, 0.6) is 0 Å². The minimum Gasteiger partial charge on any atom is -0.341 e. The van der Waals surface area contributed by atoms with E-state index in [1.165, 1.54) is 24.3 Å². The highest BCUT2D eigenvalue weighted by Crippen LogP contribution is 2.25. The van der Waals surface area contributed by atoms with Crippen LogP contribution in [0.3, 0.4) is 0 Å². The van der Waals surface area contributed by atoms with E-state index in [2.05, 4.69) is 29.2 Å². The average Bonchev–Trinajstić information content (AvgIpc) is 2.79. The molecule has 2 heterocycles. The monoisotopic (exact) mass is 467 g/mol. The molecule has 1 aliphatic heterocycles. The number of nitrogens with zero attached hydrogens (tertiary/aromatic N) is 4. The zero-order valence-electron chi connectivity index (χ0n) is 19.0. The Balaban J connectivity index is 1.47. The van der Waals surface area contributed by atoms with E-state index < -0.39 is 5.82 Å². The molecule has 8 heteroatoms. The summed E-state index contributed by atoms with van der Waals surface area (Å²) in [5.41, 5.74) is 2.61. The standard InChI is InChI=1S/C25H27ClFN5O/c1-16-21-15-19(29-24(33)9-5-17-4-6-18(26)14-22(17)27)7-8-23(21)30-25(28-16)32-12-10-20(11-13-32)31(2)3/h4-9,14-15,20H,10-13H2,1-3H3,(H,29,33)/b9-5+. The predicted molar refractivity (Wildman–Crippen MR) is 132 cm³/mol. The van der Waals surface area contributed by atoms with Crippen molar-refractivity contribution in [2.24, 2.45) is 0 Å². The van der Waals surface area contributed by atoms with Crippen LogP contribution in [-0.2, 0) is 4.79 Å². The van der Waals surface area contributed by atoms with Crippen molar-refractivity contribution in [2.75, 3.05) is 37.4 Å². The van der Waals surface area contributed by atoms with E-state index in [0.717, 1.165) is 48.5 Å². The molecule has 172 valence electrons. The van der Waals surface area contributed by atoms with Crippen molar-refractivity contribution < 1.29 is 9.18 Å². The maximum absolute atomic E-state index is 13.9. The van der Waals surface area contributed by atoms with Crippen molar-refractivity contribution in [1.82, 2.24) is 14.9 Å². The third-order valence-corrected chi connectivity index (χ3v) is 6.23. The molecule has 33 heavy (non-hydrogen) atoms. The maximum atomic E-state index is 13.9. The number of hydrogen-bond acceptors (Lipinski definition) is 5. The van der Waals surface area contributed by atoms with Crippen molar-refractivity contribution in [3.63, 3.8) is 0 Å². The van der Waals surface area contributed by atoms with Crippen LogP contribution in [0.15, 0.2) is 42.5 Å². The van der Waals surface area contributed by atoms with E-state index in [1.807, 2.05) is 25.1 Å². The van der Waals surface area contributed by atoms with Gasteiger partial charge < -0.3 is 15.1 Å². The van der Waals surface area contributed by atoms with Crippen LogP contribution in [0.25, 0.3) is 17.0 Å². The SMILES string of the molecule is Cc1nc(N2CCC(N(C)C)CC2)nc2ccc(NC(=O)/C=C/c3ccc(Cl)cc3F)cc12. The van der Waals surface area contributed by atoms with Gasteiger partial charge in [-0.05, 0) is 70.3 Å². The van der Waals surface area contributed by atoms with E-state index in [4.69, 9.17) is 21.6 Å². The van der Waals surface area contributed by atoms with Crippen LogP contribution in [0, 0.1) is 12.7 Å². The molecule has 1 saturated heterocycles.